The summed E-state index contributed by atoms with van der Waals surface area (Å²) in [5.41, 5.74) is 5.10. The number of carbonyl (C=O) groups excluding carboxylic acids is 1. The van der Waals surface area contributed by atoms with E-state index in [0.717, 1.165) is 22.3 Å². The second kappa shape index (κ2) is 8.93. The first kappa shape index (κ1) is 23.8. The number of nitrogens with one attached hydrogen (secondary N) is 1. The quantitative estimate of drug-likeness (QED) is 0.549. The highest BCUT2D eigenvalue weighted by Crippen LogP contribution is 2.43. The fourth-order valence-electron chi connectivity index (χ4n) is 4.16. The second-order valence-corrected chi connectivity index (χ2v) is 9.80. The van der Waals surface area contributed by atoms with E-state index in [0.29, 0.717) is 11.5 Å². The highest BCUT2D eigenvalue weighted by Gasteiger charge is 2.27. The number of aliphatic carboxylic acids is 1. The van der Waals surface area contributed by atoms with Crippen LogP contribution in [0.5, 0.6) is 0 Å². The lowest BCUT2D eigenvalue weighted by atomic mass is 9.89. The Morgan fingerprint density at radius 2 is 1.69 bits per heavy atom. The van der Waals surface area contributed by atoms with Gasteiger partial charge in [-0.25, -0.2) is 9.18 Å². The number of hydrogen-bond donors (Lipinski definition) is 2. The van der Waals surface area contributed by atoms with Gasteiger partial charge in [0.1, 0.15) is 11.4 Å². The molecule has 2 N–H and O–H groups in total. The van der Waals surface area contributed by atoms with Crippen LogP contribution < -0.4 is 5.32 Å². The molecule has 0 bridgehead atoms. The van der Waals surface area contributed by atoms with E-state index in [9.17, 15) is 14.7 Å². The van der Waals surface area contributed by atoms with Crippen LogP contribution in [0.3, 0.4) is 0 Å². The summed E-state index contributed by atoms with van der Waals surface area (Å²) in [5, 5.41) is 11.9. The molecule has 0 heterocycles. The molecule has 0 spiro atoms. The van der Waals surface area contributed by atoms with Gasteiger partial charge in [-0.3, -0.25) is 4.79 Å². The molecule has 1 aliphatic carbocycles. The molecular formula is C26H32FNO4. The fraction of sp³-hybridized carbons (Fsp3) is 0.462. The lowest BCUT2D eigenvalue weighted by Gasteiger charge is -2.24. The lowest BCUT2D eigenvalue weighted by Crippen LogP contribution is -2.36. The molecule has 1 amide bonds. The van der Waals surface area contributed by atoms with Crippen LogP contribution in [0.25, 0.3) is 11.1 Å². The molecule has 0 aromatic heterocycles. The Bertz CT molecular complexity index is 1030. The number of amides is 1. The highest BCUT2D eigenvalue weighted by molar-refractivity contribution is 5.75. The number of ether oxygens (including phenoxy) is 1. The lowest BCUT2D eigenvalue weighted by molar-refractivity contribution is -0.137. The fourth-order valence-corrected chi connectivity index (χ4v) is 4.16. The number of hydrogen-bond acceptors (Lipinski definition) is 3. The number of carboxylic acid groups (broad SMARTS) is 1. The van der Waals surface area contributed by atoms with Gasteiger partial charge in [-0.15, -0.1) is 0 Å². The molecule has 5 nitrogen and oxygen atoms in total. The van der Waals surface area contributed by atoms with Gasteiger partial charge in [-0.05, 0) is 106 Å². The summed E-state index contributed by atoms with van der Waals surface area (Å²) >= 11 is 0. The summed E-state index contributed by atoms with van der Waals surface area (Å²) in [7, 11) is 0. The third-order valence-corrected chi connectivity index (χ3v) is 5.62. The molecule has 0 radical (unpaired) electrons. The number of rotatable bonds is 6. The Balaban J connectivity index is 2.04. The van der Waals surface area contributed by atoms with Gasteiger partial charge in [-0.2, -0.15) is 0 Å². The van der Waals surface area contributed by atoms with Gasteiger partial charge in [0.15, 0.2) is 0 Å². The van der Waals surface area contributed by atoms with Crippen LogP contribution in [0.4, 0.5) is 9.18 Å². The third-order valence-electron chi connectivity index (χ3n) is 5.62. The molecule has 2 aromatic rings. The number of carbonyl (C=O) groups is 2. The van der Waals surface area contributed by atoms with Crippen molar-refractivity contribution >= 4 is 12.1 Å². The summed E-state index contributed by atoms with van der Waals surface area (Å²) in [5.74, 6) is -1.04. The van der Waals surface area contributed by atoms with E-state index < -0.39 is 35.9 Å². The first-order valence-electron chi connectivity index (χ1n) is 11.0. The van der Waals surface area contributed by atoms with Crippen LogP contribution in [0.2, 0.25) is 0 Å². The molecule has 1 saturated carbocycles. The zero-order valence-electron chi connectivity index (χ0n) is 19.6. The van der Waals surface area contributed by atoms with Gasteiger partial charge < -0.3 is 15.2 Å². The van der Waals surface area contributed by atoms with E-state index in [1.54, 1.807) is 39.8 Å². The average Bonchev–Trinajstić information content (AvgIpc) is 3.46. The van der Waals surface area contributed by atoms with Gasteiger partial charge in [-0.1, -0.05) is 12.1 Å². The van der Waals surface area contributed by atoms with Gasteiger partial charge in [0.2, 0.25) is 0 Å². The molecule has 3 rings (SSSR count). The summed E-state index contributed by atoms with van der Waals surface area (Å²) in [6, 6.07) is 6.74. The maximum Gasteiger partial charge on any atom is 0.408 e. The normalized spacial score (nSPS) is 14.7. The molecule has 0 aliphatic heterocycles. The zero-order valence-corrected chi connectivity index (χ0v) is 19.6. The average molecular weight is 442 g/mol. The molecule has 1 aliphatic rings. The molecular weight excluding hydrogens is 409 g/mol. The first-order chi connectivity index (χ1) is 14.9. The van der Waals surface area contributed by atoms with Crippen molar-refractivity contribution < 1.29 is 23.8 Å². The summed E-state index contributed by atoms with van der Waals surface area (Å²) in [6.07, 6.45) is 1.18. The summed E-state index contributed by atoms with van der Waals surface area (Å²) < 4.78 is 20.5. The summed E-state index contributed by atoms with van der Waals surface area (Å²) in [6.45, 7) is 10.9. The molecule has 172 valence electrons. The van der Waals surface area contributed by atoms with Crippen molar-refractivity contribution in [3.8, 4) is 11.1 Å². The van der Waals surface area contributed by atoms with Crippen molar-refractivity contribution in [1.82, 2.24) is 5.32 Å². The Hall–Kier alpha value is -2.89. The smallest absolute Gasteiger partial charge is 0.408 e. The number of alkyl carbamates (subject to hydrolysis) is 1. The van der Waals surface area contributed by atoms with Gasteiger partial charge in [0.05, 0.1) is 12.5 Å². The standard InChI is InChI=1S/C26H32FNO4/c1-14-9-18(17-7-8-17)10-15(2)23(14)19-11-16(3)24(27)20(12-19)21(13-22(29)30)28-25(31)32-26(4,5)6/h9-12,17,21H,7-8,13H2,1-6H3,(H,28,31)(H,29,30)/t21-/m0/s1. The third kappa shape index (κ3) is 5.67. The maximum atomic E-state index is 15.2. The van der Waals surface area contributed by atoms with Crippen LogP contribution in [-0.2, 0) is 9.53 Å². The minimum Gasteiger partial charge on any atom is -0.481 e. The number of benzene rings is 2. The predicted molar refractivity (Wildman–Crippen MR) is 122 cm³/mol. The highest BCUT2D eigenvalue weighted by atomic mass is 19.1. The van der Waals surface area contributed by atoms with Crippen LogP contribution in [0.15, 0.2) is 24.3 Å². The first-order valence-corrected chi connectivity index (χ1v) is 11.0. The van der Waals surface area contributed by atoms with E-state index >= 15 is 4.39 Å². The minimum atomic E-state index is -1.14. The van der Waals surface area contributed by atoms with E-state index in [-0.39, 0.29) is 5.56 Å². The second-order valence-electron chi connectivity index (χ2n) is 9.80. The van der Waals surface area contributed by atoms with Gasteiger partial charge in [0.25, 0.3) is 0 Å². The van der Waals surface area contributed by atoms with Crippen molar-refractivity contribution in [3.05, 3.63) is 57.9 Å². The number of carboxylic acids is 1. The SMILES string of the molecule is Cc1cc(-c2c(C)cc(C3CC3)cc2C)cc([C@H](CC(=O)O)NC(=O)OC(C)(C)C)c1F. The van der Waals surface area contributed by atoms with Crippen LogP contribution >= 0.6 is 0 Å². The van der Waals surface area contributed by atoms with Crippen molar-refractivity contribution in [2.75, 3.05) is 0 Å². The topological polar surface area (TPSA) is 75.6 Å². The van der Waals surface area contributed by atoms with E-state index in [2.05, 4.69) is 17.4 Å². The Kier molecular flexibility index (Phi) is 6.63. The van der Waals surface area contributed by atoms with Crippen molar-refractivity contribution in [3.63, 3.8) is 0 Å². The Labute approximate surface area is 189 Å². The van der Waals surface area contributed by atoms with E-state index in [1.807, 2.05) is 13.8 Å². The van der Waals surface area contributed by atoms with Crippen molar-refractivity contribution in [2.24, 2.45) is 0 Å². The van der Waals surface area contributed by atoms with E-state index in [1.165, 1.54) is 18.4 Å². The monoisotopic (exact) mass is 441 g/mol. The zero-order chi connectivity index (χ0) is 23.8. The molecule has 6 heteroatoms. The molecule has 2 aromatic carbocycles. The van der Waals surface area contributed by atoms with Crippen LogP contribution in [-0.4, -0.2) is 22.8 Å². The largest absolute Gasteiger partial charge is 0.481 e. The Morgan fingerprint density at radius 3 is 2.19 bits per heavy atom. The minimum absolute atomic E-state index is 0.137. The molecule has 1 atom stereocenters. The summed E-state index contributed by atoms with van der Waals surface area (Å²) in [4.78, 5) is 23.8. The van der Waals surface area contributed by atoms with Crippen LogP contribution in [0, 0.1) is 26.6 Å². The van der Waals surface area contributed by atoms with Gasteiger partial charge >= 0.3 is 12.1 Å². The number of aryl methyl sites for hydroxylation is 3. The molecule has 0 saturated heterocycles. The van der Waals surface area contributed by atoms with Crippen molar-refractivity contribution in [2.45, 2.75) is 78.4 Å². The maximum absolute atomic E-state index is 15.2. The van der Waals surface area contributed by atoms with E-state index in [4.69, 9.17) is 4.74 Å². The molecule has 0 unspecified atom stereocenters. The predicted octanol–water partition coefficient (Wildman–Crippen LogP) is 6.34. The van der Waals surface area contributed by atoms with Crippen LogP contribution in [0.1, 0.15) is 79.8 Å². The molecule has 32 heavy (non-hydrogen) atoms. The molecule has 1 fully saturated rings. The van der Waals surface area contributed by atoms with Gasteiger partial charge in [0, 0.05) is 5.56 Å². The Morgan fingerprint density at radius 1 is 1.09 bits per heavy atom. The van der Waals surface area contributed by atoms with Crippen molar-refractivity contribution in [1.29, 1.82) is 0 Å². The number of halogens is 1.